The summed E-state index contributed by atoms with van der Waals surface area (Å²) < 4.78 is 11.6. The van der Waals surface area contributed by atoms with Crippen LogP contribution in [0.15, 0.2) is 101 Å². The highest BCUT2D eigenvalue weighted by atomic mass is 16.5. The van der Waals surface area contributed by atoms with E-state index >= 15 is 0 Å². The van der Waals surface area contributed by atoms with E-state index in [0.717, 1.165) is 27.5 Å². The number of amides is 1. The van der Waals surface area contributed by atoms with E-state index in [0.29, 0.717) is 17.0 Å². The molecule has 0 spiro atoms. The van der Waals surface area contributed by atoms with Crippen LogP contribution in [0.1, 0.15) is 17.0 Å². The fourth-order valence-electron chi connectivity index (χ4n) is 4.01. The number of hydrogen-bond acceptors (Lipinski definition) is 3. The topological polar surface area (TPSA) is 51.5 Å². The normalized spacial score (nSPS) is 11.2. The van der Waals surface area contributed by atoms with E-state index in [1.165, 1.54) is 0 Å². The lowest BCUT2D eigenvalue weighted by atomic mass is 9.90. The highest BCUT2D eigenvalue weighted by Crippen LogP contribution is 2.37. The summed E-state index contributed by atoms with van der Waals surface area (Å²) in [4.78, 5) is 13.5. The van der Waals surface area contributed by atoms with Crippen LogP contribution in [-0.2, 0) is 4.79 Å². The van der Waals surface area contributed by atoms with Crippen LogP contribution in [0.3, 0.4) is 0 Å². The molecule has 31 heavy (non-hydrogen) atoms. The summed E-state index contributed by atoms with van der Waals surface area (Å²) in [6, 6.07) is 31.2. The lowest BCUT2D eigenvalue weighted by Gasteiger charge is -2.19. The first-order chi connectivity index (χ1) is 15.2. The van der Waals surface area contributed by atoms with E-state index in [4.69, 9.17) is 9.15 Å². The highest BCUT2D eigenvalue weighted by molar-refractivity contribution is 6.08. The predicted octanol–water partition coefficient (Wildman–Crippen LogP) is 6.37. The second kappa shape index (κ2) is 8.00. The molecule has 0 fully saturated rings. The third kappa shape index (κ3) is 3.53. The van der Waals surface area contributed by atoms with Crippen LogP contribution in [0.25, 0.3) is 21.9 Å². The molecule has 0 aliphatic rings. The van der Waals surface area contributed by atoms with Gasteiger partial charge in [-0.1, -0.05) is 78.9 Å². The van der Waals surface area contributed by atoms with Gasteiger partial charge in [-0.2, -0.15) is 0 Å². The van der Waals surface area contributed by atoms with E-state index in [1.807, 2.05) is 97.1 Å². The number of furan rings is 1. The summed E-state index contributed by atoms with van der Waals surface area (Å²) in [5, 5.41) is 5.04. The first-order valence-corrected chi connectivity index (χ1v) is 10.1. The van der Waals surface area contributed by atoms with Crippen molar-refractivity contribution in [3.63, 3.8) is 0 Å². The average Bonchev–Trinajstić information content (AvgIpc) is 3.17. The maximum absolute atomic E-state index is 13.5. The summed E-state index contributed by atoms with van der Waals surface area (Å²) in [7, 11) is 1.60. The first kappa shape index (κ1) is 18.9. The SMILES string of the molecule is COc1cc2c(cc1NC(=O)C(c1ccccc1)c1ccccc1)oc1ccccc12. The summed E-state index contributed by atoms with van der Waals surface area (Å²) in [5.41, 5.74) is 3.93. The van der Waals surface area contributed by atoms with Crippen molar-refractivity contribution in [3.05, 3.63) is 108 Å². The van der Waals surface area contributed by atoms with Crippen LogP contribution in [0.2, 0.25) is 0 Å². The predicted molar refractivity (Wildman–Crippen MR) is 124 cm³/mol. The molecule has 0 bridgehead atoms. The zero-order valence-electron chi connectivity index (χ0n) is 17.0. The van der Waals surface area contributed by atoms with Crippen LogP contribution in [0.4, 0.5) is 5.69 Å². The first-order valence-electron chi connectivity index (χ1n) is 10.1. The highest BCUT2D eigenvalue weighted by Gasteiger charge is 2.24. The standard InChI is InChI=1S/C27H21NO3/c1-30-25-16-21-20-14-8-9-15-23(20)31-24(21)17-22(25)28-27(29)26(18-10-4-2-5-11-18)19-12-6-3-7-13-19/h2-17,26H,1H3,(H,28,29). The minimum absolute atomic E-state index is 0.133. The van der Waals surface area contributed by atoms with Gasteiger partial charge >= 0.3 is 0 Å². The molecule has 0 saturated carbocycles. The number of hydrogen-bond donors (Lipinski definition) is 1. The molecule has 4 nitrogen and oxygen atoms in total. The molecule has 5 aromatic rings. The molecule has 1 amide bonds. The molecule has 1 heterocycles. The molecule has 0 radical (unpaired) electrons. The molecular formula is C27H21NO3. The van der Waals surface area contributed by atoms with E-state index < -0.39 is 5.92 Å². The van der Waals surface area contributed by atoms with Crippen LogP contribution in [-0.4, -0.2) is 13.0 Å². The molecule has 0 saturated heterocycles. The van der Waals surface area contributed by atoms with E-state index in [2.05, 4.69) is 5.32 Å². The van der Waals surface area contributed by atoms with Crippen molar-refractivity contribution in [1.82, 2.24) is 0 Å². The summed E-state index contributed by atoms with van der Waals surface area (Å²) in [6.45, 7) is 0. The Labute approximate surface area is 180 Å². The van der Waals surface area contributed by atoms with Crippen LogP contribution in [0, 0.1) is 0 Å². The number of para-hydroxylation sites is 1. The fourth-order valence-corrected chi connectivity index (χ4v) is 4.01. The van der Waals surface area contributed by atoms with E-state index in [9.17, 15) is 4.79 Å². The van der Waals surface area contributed by atoms with Gasteiger partial charge in [0.25, 0.3) is 0 Å². The minimum atomic E-state index is -0.446. The monoisotopic (exact) mass is 407 g/mol. The molecule has 0 atom stereocenters. The Morgan fingerprint density at radius 3 is 2.03 bits per heavy atom. The summed E-state index contributed by atoms with van der Waals surface area (Å²) in [6.07, 6.45) is 0. The number of carbonyl (C=O) groups is 1. The van der Waals surface area contributed by atoms with Crippen molar-refractivity contribution in [2.24, 2.45) is 0 Å². The van der Waals surface area contributed by atoms with E-state index in [-0.39, 0.29) is 5.91 Å². The van der Waals surface area contributed by atoms with Crippen molar-refractivity contribution in [2.45, 2.75) is 5.92 Å². The zero-order chi connectivity index (χ0) is 21.2. The Kier molecular flexibility index (Phi) is 4.89. The van der Waals surface area contributed by atoms with Gasteiger partial charge in [0.05, 0.1) is 18.7 Å². The Balaban J connectivity index is 1.57. The Morgan fingerprint density at radius 1 is 0.774 bits per heavy atom. The van der Waals surface area contributed by atoms with Gasteiger partial charge in [0, 0.05) is 16.8 Å². The van der Waals surface area contributed by atoms with Gasteiger partial charge < -0.3 is 14.5 Å². The number of rotatable bonds is 5. The molecule has 5 rings (SSSR count). The zero-order valence-corrected chi connectivity index (χ0v) is 17.0. The van der Waals surface area contributed by atoms with Crippen molar-refractivity contribution in [1.29, 1.82) is 0 Å². The second-order valence-corrected chi connectivity index (χ2v) is 7.39. The molecule has 1 N–H and O–H groups in total. The van der Waals surface area contributed by atoms with Crippen molar-refractivity contribution < 1.29 is 13.9 Å². The number of nitrogens with one attached hydrogen (secondary N) is 1. The van der Waals surface area contributed by atoms with Crippen molar-refractivity contribution in [3.8, 4) is 5.75 Å². The molecule has 1 aromatic heterocycles. The maximum Gasteiger partial charge on any atom is 0.236 e. The van der Waals surface area contributed by atoms with Gasteiger partial charge in [-0.15, -0.1) is 0 Å². The van der Waals surface area contributed by atoms with Gasteiger partial charge in [0.1, 0.15) is 16.9 Å². The quantitative estimate of drug-likeness (QED) is 0.368. The Hall–Kier alpha value is -4.05. The maximum atomic E-state index is 13.5. The number of ether oxygens (including phenoxy) is 1. The fraction of sp³-hybridized carbons (Fsp3) is 0.0741. The molecule has 4 aromatic carbocycles. The number of anilines is 1. The van der Waals surface area contributed by atoms with Gasteiger partial charge in [-0.05, 0) is 23.3 Å². The lowest BCUT2D eigenvalue weighted by Crippen LogP contribution is -2.22. The third-order valence-electron chi connectivity index (χ3n) is 5.48. The lowest BCUT2D eigenvalue weighted by molar-refractivity contribution is -0.116. The third-order valence-corrected chi connectivity index (χ3v) is 5.48. The molecule has 4 heteroatoms. The molecule has 0 aliphatic heterocycles. The average molecular weight is 407 g/mol. The molecule has 0 aliphatic carbocycles. The van der Waals surface area contributed by atoms with Gasteiger partial charge in [-0.3, -0.25) is 4.79 Å². The van der Waals surface area contributed by atoms with E-state index in [1.54, 1.807) is 7.11 Å². The van der Waals surface area contributed by atoms with Crippen LogP contribution in [0.5, 0.6) is 5.75 Å². The number of fused-ring (bicyclic) bond motifs is 3. The Morgan fingerprint density at radius 2 is 1.39 bits per heavy atom. The summed E-state index contributed by atoms with van der Waals surface area (Å²) >= 11 is 0. The van der Waals surface area contributed by atoms with Gasteiger partial charge in [0.2, 0.25) is 5.91 Å². The van der Waals surface area contributed by atoms with Crippen LogP contribution >= 0.6 is 0 Å². The Bertz CT molecular complexity index is 1320. The molecule has 0 unspecified atom stereocenters. The number of carbonyl (C=O) groups excluding carboxylic acids is 1. The molecular weight excluding hydrogens is 386 g/mol. The van der Waals surface area contributed by atoms with Crippen molar-refractivity contribution >= 4 is 33.5 Å². The van der Waals surface area contributed by atoms with Crippen molar-refractivity contribution in [2.75, 3.05) is 12.4 Å². The van der Waals surface area contributed by atoms with Crippen LogP contribution < -0.4 is 10.1 Å². The second-order valence-electron chi connectivity index (χ2n) is 7.39. The largest absolute Gasteiger partial charge is 0.495 e. The molecule has 152 valence electrons. The number of methoxy groups -OCH3 is 1. The van der Waals surface area contributed by atoms with Gasteiger partial charge in [0.15, 0.2) is 0 Å². The summed E-state index contributed by atoms with van der Waals surface area (Å²) in [5.74, 6) is 0.0110. The number of benzene rings is 4. The van der Waals surface area contributed by atoms with Gasteiger partial charge in [-0.25, -0.2) is 0 Å². The minimum Gasteiger partial charge on any atom is -0.495 e. The smallest absolute Gasteiger partial charge is 0.236 e.